The van der Waals surface area contributed by atoms with E-state index in [4.69, 9.17) is 11.1 Å². The van der Waals surface area contributed by atoms with Gasteiger partial charge in [-0.15, -0.1) is 5.10 Å². The van der Waals surface area contributed by atoms with E-state index in [-0.39, 0.29) is 5.84 Å². The lowest BCUT2D eigenvalue weighted by molar-refractivity contribution is 0.921. The van der Waals surface area contributed by atoms with E-state index in [2.05, 4.69) is 26.1 Å². The van der Waals surface area contributed by atoms with Crippen molar-refractivity contribution in [1.29, 1.82) is 5.41 Å². The number of hydrogen-bond acceptors (Lipinski definition) is 4. The Labute approximate surface area is 111 Å². The largest absolute Gasteiger partial charge is 0.384 e. The van der Waals surface area contributed by atoms with Crippen molar-refractivity contribution in [2.45, 2.75) is 9.92 Å². The second-order valence-corrected chi connectivity index (χ2v) is 5.20. The number of nitrogens with two attached hydrogens (primary N) is 1. The summed E-state index contributed by atoms with van der Waals surface area (Å²) in [6.07, 6.45) is 1.53. The first kappa shape index (κ1) is 12.1. The molecule has 0 aliphatic carbocycles. The molecule has 0 aliphatic heterocycles. The predicted molar refractivity (Wildman–Crippen MR) is 71.3 cm³/mol. The fourth-order valence-corrected chi connectivity index (χ4v) is 2.35. The molecule has 4 nitrogen and oxygen atoms in total. The lowest BCUT2D eigenvalue weighted by atomic mass is 10.3. The summed E-state index contributed by atoms with van der Waals surface area (Å²) in [5.74, 6) is -0.000452. The van der Waals surface area contributed by atoms with E-state index >= 15 is 0 Å². The van der Waals surface area contributed by atoms with Gasteiger partial charge in [0.05, 0.1) is 11.8 Å². The Bertz CT molecular complexity index is 541. The molecule has 1 aromatic heterocycles. The van der Waals surface area contributed by atoms with Gasteiger partial charge >= 0.3 is 0 Å². The van der Waals surface area contributed by atoms with Crippen LogP contribution in [0.5, 0.6) is 0 Å². The zero-order valence-electron chi connectivity index (χ0n) is 8.72. The van der Waals surface area contributed by atoms with Crippen LogP contribution in [0.3, 0.4) is 0 Å². The molecule has 0 saturated carbocycles. The normalized spacial score (nSPS) is 10.2. The zero-order chi connectivity index (χ0) is 12.3. The number of rotatable bonds is 3. The molecular formula is C11H9BrN4S. The van der Waals surface area contributed by atoms with E-state index in [1.165, 1.54) is 18.0 Å². The summed E-state index contributed by atoms with van der Waals surface area (Å²) in [6.45, 7) is 0. The molecule has 3 N–H and O–H groups in total. The number of halogens is 1. The molecule has 0 bridgehead atoms. The van der Waals surface area contributed by atoms with Gasteiger partial charge in [-0.1, -0.05) is 27.7 Å². The third-order valence-corrected chi connectivity index (χ3v) is 3.54. The van der Waals surface area contributed by atoms with Crippen LogP contribution in [0.2, 0.25) is 0 Å². The number of nitrogens with one attached hydrogen (secondary N) is 1. The third-order valence-electron chi connectivity index (χ3n) is 2.01. The molecule has 0 atom stereocenters. The van der Waals surface area contributed by atoms with Crippen molar-refractivity contribution in [2.75, 3.05) is 0 Å². The Balaban J connectivity index is 2.30. The smallest absolute Gasteiger partial charge is 0.134 e. The molecule has 1 aromatic carbocycles. The Kier molecular flexibility index (Phi) is 3.75. The minimum Gasteiger partial charge on any atom is -0.384 e. The molecule has 86 valence electrons. The summed E-state index contributed by atoms with van der Waals surface area (Å²) >= 11 is 4.81. The molecule has 6 heteroatoms. The van der Waals surface area contributed by atoms with Gasteiger partial charge in [-0.3, -0.25) is 5.41 Å². The third kappa shape index (κ3) is 3.04. The van der Waals surface area contributed by atoms with E-state index in [0.29, 0.717) is 10.6 Å². The van der Waals surface area contributed by atoms with Crippen molar-refractivity contribution >= 4 is 33.5 Å². The first-order valence-electron chi connectivity index (χ1n) is 4.76. The zero-order valence-corrected chi connectivity index (χ0v) is 11.1. The van der Waals surface area contributed by atoms with E-state index in [1.54, 1.807) is 6.07 Å². The number of nitrogens with zero attached hydrogens (tertiary/aromatic N) is 2. The average molecular weight is 309 g/mol. The molecule has 0 fully saturated rings. The lowest BCUT2D eigenvalue weighted by Gasteiger charge is -2.05. The average Bonchev–Trinajstić information content (AvgIpc) is 2.32. The number of aromatic nitrogens is 2. The molecule has 0 unspecified atom stereocenters. The minimum absolute atomic E-state index is 0.000452. The van der Waals surface area contributed by atoms with Gasteiger partial charge in [-0.05, 0) is 30.3 Å². The van der Waals surface area contributed by atoms with Crippen molar-refractivity contribution < 1.29 is 0 Å². The van der Waals surface area contributed by atoms with Crippen LogP contribution in [0.25, 0.3) is 0 Å². The Hall–Kier alpha value is -1.40. The highest BCUT2D eigenvalue weighted by molar-refractivity contribution is 9.10. The maximum Gasteiger partial charge on any atom is 0.134 e. The molecule has 0 aliphatic rings. The number of hydrogen-bond donors (Lipinski definition) is 2. The van der Waals surface area contributed by atoms with Crippen molar-refractivity contribution in [3.8, 4) is 0 Å². The monoisotopic (exact) mass is 308 g/mol. The summed E-state index contributed by atoms with van der Waals surface area (Å²) in [5.41, 5.74) is 6.09. The summed E-state index contributed by atoms with van der Waals surface area (Å²) < 4.78 is 1.02. The first-order chi connectivity index (χ1) is 8.16. The van der Waals surface area contributed by atoms with E-state index in [9.17, 15) is 0 Å². The summed E-state index contributed by atoms with van der Waals surface area (Å²) in [7, 11) is 0. The maximum absolute atomic E-state index is 7.47. The molecular weight excluding hydrogens is 300 g/mol. The highest BCUT2D eigenvalue weighted by Gasteiger charge is 2.08. The highest BCUT2D eigenvalue weighted by Crippen LogP contribution is 2.28. The van der Waals surface area contributed by atoms with E-state index < -0.39 is 0 Å². The van der Waals surface area contributed by atoms with Gasteiger partial charge in [0.25, 0.3) is 0 Å². The SMILES string of the molecule is N=C(N)c1ccnnc1Sc1ccc(Br)cc1. The maximum atomic E-state index is 7.47. The van der Waals surface area contributed by atoms with Crippen LogP contribution < -0.4 is 5.73 Å². The molecule has 0 saturated heterocycles. The minimum atomic E-state index is -0.000452. The van der Waals surface area contributed by atoms with Crippen molar-refractivity contribution in [3.05, 3.63) is 46.6 Å². The lowest BCUT2D eigenvalue weighted by Crippen LogP contribution is -2.13. The van der Waals surface area contributed by atoms with Crippen LogP contribution in [-0.4, -0.2) is 16.0 Å². The van der Waals surface area contributed by atoms with Gasteiger partial charge in [-0.25, -0.2) is 0 Å². The van der Waals surface area contributed by atoms with Crippen LogP contribution in [0.4, 0.5) is 0 Å². The fraction of sp³-hybridized carbons (Fsp3) is 0. The van der Waals surface area contributed by atoms with Crippen LogP contribution in [-0.2, 0) is 0 Å². The van der Waals surface area contributed by atoms with Crippen LogP contribution in [0.1, 0.15) is 5.56 Å². The quantitative estimate of drug-likeness (QED) is 0.675. The standard InChI is InChI=1S/C11H9BrN4S/c12-7-1-3-8(4-2-7)17-11-9(10(13)14)5-6-15-16-11/h1-6H,(H3,13,14). The molecule has 2 rings (SSSR count). The Morgan fingerprint density at radius 2 is 1.94 bits per heavy atom. The predicted octanol–water partition coefficient (Wildman–Crippen LogP) is 2.67. The van der Waals surface area contributed by atoms with E-state index in [0.717, 1.165) is 9.37 Å². The molecule has 1 heterocycles. The second-order valence-electron chi connectivity index (χ2n) is 3.22. The van der Waals surface area contributed by atoms with Gasteiger partial charge in [0.1, 0.15) is 10.9 Å². The van der Waals surface area contributed by atoms with Crippen LogP contribution >= 0.6 is 27.7 Å². The van der Waals surface area contributed by atoms with Gasteiger partial charge < -0.3 is 5.73 Å². The van der Waals surface area contributed by atoms with Gasteiger partial charge in [0, 0.05) is 9.37 Å². The second kappa shape index (κ2) is 5.29. The topological polar surface area (TPSA) is 75.7 Å². The highest BCUT2D eigenvalue weighted by atomic mass is 79.9. The Morgan fingerprint density at radius 1 is 1.24 bits per heavy atom. The fourth-order valence-electron chi connectivity index (χ4n) is 1.21. The van der Waals surface area contributed by atoms with Crippen molar-refractivity contribution in [2.24, 2.45) is 5.73 Å². The van der Waals surface area contributed by atoms with Gasteiger partial charge in [0.2, 0.25) is 0 Å². The van der Waals surface area contributed by atoms with Crippen LogP contribution in [0.15, 0.2) is 50.9 Å². The number of benzene rings is 1. The van der Waals surface area contributed by atoms with Gasteiger partial charge in [0.15, 0.2) is 0 Å². The molecule has 0 amide bonds. The first-order valence-corrected chi connectivity index (χ1v) is 6.37. The summed E-state index contributed by atoms with van der Waals surface area (Å²) in [4.78, 5) is 1.02. The van der Waals surface area contributed by atoms with Crippen molar-refractivity contribution in [3.63, 3.8) is 0 Å². The Morgan fingerprint density at radius 3 is 2.59 bits per heavy atom. The summed E-state index contributed by atoms with van der Waals surface area (Å²) in [5, 5.41) is 15.9. The molecule has 0 spiro atoms. The van der Waals surface area contributed by atoms with Gasteiger partial charge in [-0.2, -0.15) is 5.10 Å². The number of amidine groups is 1. The molecule has 2 aromatic rings. The van der Waals surface area contributed by atoms with E-state index in [1.807, 2.05) is 24.3 Å². The van der Waals surface area contributed by atoms with Crippen molar-refractivity contribution in [1.82, 2.24) is 10.2 Å². The summed E-state index contributed by atoms with van der Waals surface area (Å²) in [6, 6.07) is 9.52. The molecule has 17 heavy (non-hydrogen) atoms. The number of nitrogen functional groups attached to an aromatic ring is 1. The molecule has 0 radical (unpaired) electrons. The van der Waals surface area contributed by atoms with Crippen LogP contribution in [0, 0.1) is 5.41 Å².